The van der Waals surface area contributed by atoms with Crippen LogP contribution in [-0.4, -0.2) is 47.8 Å². The van der Waals surface area contributed by atoms with Crippen LogP contribution in [0.25, 0.3) is 5.70 Å². The van der Waals surface area contributed by atoms with Crippen LogP contribution in [0.1, 0.15) is 52.7 Å². The molecule has 6 nitrogen and oxygen atoms in total. The van der Waals surface area contributed by atoms with E-state index in [-0.39, 0.29) is 17.7 Å². The highest BCUT2D eigenvalue weighted by Crippen LogP contribution is 2.49. The summed E-state index contributed by atoms with van der Waals surface area (Å²) in [7, 11) is 3.20. The summed E-state index contributed by atoms with van der Waals surface area (Å²) in [6.45, 7) is 4.26. The average molecular weight is 415 g/mol. The van der Waals surface area contributed by atoms with Crippen LogP contribution in [0.2, 0.25) is 0 Å². The Morgan fingerprint density at radius 1 is 0.903 bits per heavy atom. The number of amides is 3. The quantitative estimate of drug-likeness (QED) is 0.814. The second-order valence-electron chi connectivity index (χ2n) is 8.87. The number of imide groups is 1. The lowest BCUT2D eigenvalue weighted by molar-refractivity contribution is -0.138. The van der Waals surface area contributed by atoms with Crippen LogP contribution in [0.4, 0.5) is 4.79 Å². The number of allylic oxidation sites excluding steroid dienone is 1. The predicted octanol–water partition coefficient (Wildman–Crippen LogP) is 3.57. The molecule has 1 fully saturated rings. The molecule has 0 radical (unpaired) electrons. The highest BCUT2D eigenvalue weighted by atomic mass is 16.2. The Hall–Kier alpha value is -3.41. The van der Waals surface area contributed by atoms with Crippen LogP contribution in [0, 0.1) is 5.92 Å². The van der Waals surface area contributed by atoms with Crippen LogP contribution in [0.5, 0.6) is 0 Å². The molecule has 1 N–H and O–H groups in total. The Labute approximate surface area is 181 Å². The molecular weight excluding hydrogens is 390 g/mol. The highest BCUT2D eigenvalue weighted by molar-refractivity contribution is 6.22. The molecule has 3 unspecified atom stereocenters. The number of carbonyl (C=O) groups excluding carboxylic acids is 3. The minimum atomic E-state index is -0.588. The summed E-state index contributed by atoms with van der Waals surface area (Å²) < 4.78 is 0. The number of ketones is 1. The van der Waals surface area contributed by atoms with Gasteiger partial charge in [0, 0.05) is 36.7 Å². The van der Waals surface area contributed by atoms with E-state index in [2.05, 4.69) is 31.3 Å². The Kier molecular flexibility index (Phi) is 4.29. The van der Waals surface area contributed by atoms with E-state index in [4.69, 9.17) is 0 Å². The van der Waals surface area contributed by atoms with Gasteiger partial charge < -0.3 is 10.2 Å². The van der Waals surface area contributed by atoms with E-state index in [0.717, 1.165) is 21.7 Å². The Morgan fingerprint density at radius 2 is 1.55 bits per heavy atom. The molecular formula is C25H25N3O3. The van der Waals surface area contributed by atoms with Gasteiger partial charge in [-0.05, 0) is 17.0 Å². The maximum absolute atomic E-state index is 13.5. The van der Waals surface area contributed by atoms with Crippen LogP contribution in [0.15, 0.2) is 54.1 Å². The summed E-state index contributed by atoms with van der Waals surface area (Å²) >= 11 is 0. The average Bonchev–Trinajstić information content (AvgIpc) is 3.07. The number of hydrogen-bond donors (Lipinski definition) is 1. The number of Topliss-reactive ketones (excluding diaryl/α,β-unsaturated/α-hetero) is 1. The Morgan fingerprint density at radius 3 is 2.19 bits per heavy atom. The van der Waals surface area contributed by atoms with Gasteiger partial charge in [-0.25, -0.2) is 4.79 Å². The standard InChI is InChI=1S/C25H25N3O3/c1-13(2)14-9-11-15(12-10-14)18-19-21(16-7-5-6-8-17(16)22(19)29)26-23-20(18)24(30)28(4)25(31)27(23)3/h5-13,18,20,23,26H,1-4H3. The SMILES string of the molecule is CC(C)c1ccc(C2C3=C(NC4C2C(=O)N(C)C(=O)N4C)c2ccccc2C3=O)cc1. The first-order valence-electron chi connectivity index (χ1n) is 10.6. The molecule has 2 aliphatic heterocycles. The van der Waals surface area contributed by atoms with Crippen molar-refractivity contribution in [2.45, 2.75) is 31.8 Å². The van der Waals surface area contributed by atoms with Crippen LogP contribution in [-0.2, 0) is 4.79 Å². The molecule has 2 aromatic rings. The van der Waals surface area contributed by atoms with Crippen LogP contribution in [0.3, 0.4) is 0 Å². The van der Waals surface area contributed by atoms with Crippen molar-refractivity contribution in [1.82, 2.24) is 15.1 Å². The van der Waals surface area contributed by atoms with Crippen LogP contribution >= 0.6 is 0 Å². The summed E-state index contributed by atoms with van der Waals surface area (Å²) in [5, 5.41) is 3.38. The molecule has 3 atom stereocenters. The Bertz CT molecular complexity index is 1150. The number of hydrogen-bond acceptors (Lipinski definition) is 4. The molecule has 2 aromatic carbocycles. The number of nitrogens with one attached hydrogen (secondary N) is 1. The van der Waals surface area contributed by atoms with Gasteiger partial charge in [0.05, 0.1) is 11.6 Å². The van der Waals surface area contributed by atoms with E-state index in [1.807, 2.05) is 36.4 Å². The van der Waals surface area contributed by atoms with Crippen molar-refractivity contribution in [2.24, 2.45) is 5.92 Å². The first kappa shape index (κ1) is 19.5. The van der Waals surface area contributed by atoms with E-state index in [1.54, 1.807) is 11.9 Å². The summed E-state index contributed by atoms with van der Waals surface area (Å²) in [6.07, 6.45) is -0.524. The molecule has 0 bridgehead atoms. The van der Waals surface area contributed by atoms with Gasteiger partial charge >= 0.3 is 6.03 Å². The van der Waals surface area contributed by atoms with Crippen molar-refractivity contribution in [3.63, 3.8) is 0 Å². The molecule has 5 rings (SSSR count). The first-order chi connectivity index (χ1) is 14.8. The summed E-state index contributed by atoms with van der Waals surface area (Å²) in [5.74, 6) is -0.964. The van der Waals surface area contributed by atoms with Crippen molar-refractivity contribution >= 4 is 23.4 Å². The van der Waals surface area contributed by atoms with Crippen LogP contribution < -0.4 is 5.32 Å². The third-order valence-electron chi connectivity index (χ3n) is 6.84. The van der Waals surface area contributed by atoms with Gasteiger partial charge in [-0.1, -0.05) is 62.4 Å². The molecule has 2 heterocycles. The highest BCUT2D eigenvalue weighted by Gasteiger charge is 2.54. The van der Waals surface area contributed by atoms with Crippen molar-refractivity contribution in [2.75, 3.05) is 14.1 Å². The Balaban J connectivity index is 1.72. The van der Waals surface area contributed by atoms with E-state index >= 15 is 0 Å². The molecule has 1 aliphatic carbocycles. The molecule has 31 heavy (non-hydrogen) atoms. The third-order valence-corrected chi connectivity index (χ3v) is 6.84. The first-order valence-corrected chi connectivity index (χ1v) is 10.6. The third kappa shape index (κ3) is 2.67. The van der Waals surface area contributed by atoms with Gasteiger partial charge in [-0.3, -0.25) is 14.5 Å². The normalized spacial score (nSPS) is 24.9. The zero-order valence-corrected chi connectivity index (χ0v) is 18.0. The van der Waals surface area contributed by atoms with Crippen molar-refractivity contribution in [3.05, 3.63) is 76.4 Å². The summed E-state index contributed by atoms with van der Waals surface area (Å²) in [4.78, 5) is 42.2. The minimum Gasteiger partial charge on any atom is -0.364 e. The molecule has 0 spiro atoms. The second kappa shape index (κ2) is 6.80. The number of benzene rings is 2. The topological polar surface area (TPSA) is 69.7 Å². The molecule has 1 saturated heterocycles. The van der Waals surface area contributed by atoms with Gasteiger partial charge in [0.25, 0.3) is 0 Å². The molecule has 0 aromatic heterocycles. The fourth-order valence-electron chi connectivity index (χ4n) is 5.11. The summed E-state index contributed by atoms with van der Waals surface area (Å²) in [6, 6.07) is 15.3. The number of urea groups is 1. The lowest BCUT2D eigenvalue weighted by Gasteiger charge is -2.48. The number of carbonyl (C=O) groups is 3. The van der Waals surface area contributed by atoms with Gasteiger partial charge in [0.2, 0.25) is 5.91 Å². The van der Waals surface area contributed by atoms with Gasteiger partial charge in [-0.2, -0.15) is 0 Å². The largest absolute Gasteiger partial charge is 0.364 e. The van der Waals surface area contributed by atoms with E-state index < -0.39 is 18.0 Å². The van der Waals surface area contributed by atoms with E-state index in [1.165, 1.54) is 12.6 Å². The van der Waals surface area contributed by atoms with Crippen molar-refractivity contribution < 1.29 is 14.4 Å². The van der Waals surface area contributed by atoms with Gasteiger partial charge in [0.15, 0.2) is 5.78 Å². The van der Waals surface area contributed by atoms with E-state index in [9.17, 15) is 14.4 Å². The lowest BCUT2D eigenvalue weighted by atomic mass is 9.73. The fraction of sp³-hybridized carbons (Fsp3) is 0.320. The molecule has 158 valence electrons. The predicted molar refractivity (Wildman–Crippen MR) is 117 cm³/mol. The maximum atomic E-state index is 13.5. The maximum Gasteiger partial charge on any atom is 0.327 e. The van der Waals surface area contributed by atoms with Crippen molar-refractivity contribution in [1.29, 1.82) is 0 Å². The molecule has 6 heteroatoms. The fourth-order valence-corrected chi connectivity index (χ4v) is 5.11. The smallest absolute Gasteiger partial charge is 0.327 e. The second-order valence-corrected chi connectivity index (χ2v) is 8.87. The minimum absolute atomic E-state index is 0.0514. The zero-order chi connectivity index (χ0) is 22.0. The van der Waals surface area contributed by atoms with E-state index in [0.29, 0.717) is 17.1 Å². The number of fused-ring (bicyclic) bond motifs is 3. The lowest BCUT2D eigenvalue weighted by Crippen LogP contribution is -2.66. The molecule has 0 saturated carbocycles. The monoisotopic (exact) mass is 415 g/mol. The summed E-state index contributed by atoms with van der Waals surface area (Å²) in [5.41, 5.74) is 4.93. The number of rotatable bonds is 2. The number of nitrogens with zero attached hydrogens (tertiary/aromatic N) is 2. The molecule has 3 aliphatic rings. The molecule has 3 amide bonds. The zero-order valence-electron chi connectivity index (χ0n) is 18.0. The van der Waals surface area contributed by atoms with Crippen molar-refractivity contribution in [3.8, 4) is 0 Å². The van der Waals surface area contributed by atoms with Gasteiger partial charge in [-0.15, -0.1) is 0 Å². The van der Waals surface area contributed by atoms with Gasteiger partial charge in [0.1, 0.15) is 6.17 Å².